The molecule has 0 atom stereocenters. The van der Waals surface area contributed by atoms with Gasteiger partial charge in [-0.2, -0.15) is 0 Å². The van der Waals surface area contributed by atoms with Crippen molar-refractivity contribution in [2.45, 2.75) is 12.8 Å². The maximum Gasteiger partial charge on any atom is 0.133 e. The summed E-state index contributed by atoms with van der Waals surface area (Å²) in [6.07, 6.45) is 2.09. The summed E-state index contributed by atoms with van der Waals surface area (Å²) in [5.74, 6) is 0.917. The van der Waals surface area contributed by atoms with E-state index in [0.717, 1.165) is 29.7 Å². The summed E-state index contributed by atoms with van der Waals surface area (Å²) in [4.78, 5) is 0. The molecule has 0 radical (unpaired) electrons. The smallest absolute Gasteiger partial charge is 0.133 e. The Morgan fingerprint density at radius 3 is 2.35 bits per heavy atom. The van der Waals surface area contributed by atoms with Gasteiger partial charge in [0.25, 0.3) is 0 Å². The molecule has 0 aromatic heterocycles. The van der Waals surface area contributed by atoms with Crippen molar-refractivity contribution in [2.75, 3.05) is 6.61 Å². The lowest BCUT2D eigenvalue weighted by molar-refractivity contribution is 0.309. The Morgan fingerprint density at radius 2 is 1.59 bits per heavy atom. The molecule has 0 aliphatic rings. The second kappa shape index (κ2) is 6.45. The van der Waals surface area contributed by atoms with Crippen LogP contribution in [-0.4, -0.2) is 6.61 Å². The Morgan fingerprint density at radius 1 is 0.882 bits per heavy atom. The van der Waals surface area contributed by atoms with E-state index in [0.29, 0.717) is 0 Å². The summed E-state index contributed by atoms with van der Waals surface area (Å²) in [5, 5.41) is 0. The molecule has 2 aromatic carbocycles. The molecular weight excluding hydrogens is 276 g/mol. The Labute approximate surface area is 111 Å². The Hall–Kier alpha value is -1.28. The van der Waals surface area contributed by atoms with E-state index >= 15 is 0 Å². The maximum absolute atomic E-state index is 5.71. The largest absolute Gasteiger partial charge is 0.492 e. The lowest BCUT2D eigenvalue weighted by Crippen LogP contribution is -1.99. The summed E-state index contributed by atoms with van der Waals surface area (Å²) in [6.45, 7) is 0.748. The van der Waals surface area contributed by atoms with Gasteiger partial charge < -0.3 is 4.74 Å². The molecule has 0 aliphatic carbocycles. The first-order chi connectivity index (χ1) is 8.36. The van der Waals surface area contributed by atoms with Crippen LogP contribution in [0.15, 0.2) is 59.1 Å². The molecule has 0 saturated carbocycles. The molecule has 2 aromatic rings. The van der Waals surface area contributed by atoms with Crippen molar-refractivity contribution < 1.29 is 4.74 Å². The molecule has 2 rings (SSSR count). The third-order valence-electron chi connectivity index (χ3n) is 2.55. The number of benzene rings is 2. The third kappa shape index (κ3) is 3.90. The van der Waals surface area contributed by atoms with Crippen molar-refractivity contribution in [3.63, 3.8) is 0 Å². The summed E-state index contributed by atoms with van der Waals surface area (Å²) in [7, 11) is 0. The lowest BCUT2D eigenvalue weighted by atomic mass is 10.1. The highest BCUT2D eigenvalue weighted by atomic mass is 79.9. The standard InChI is InChI=1S/C15H15BrO/c16-14-10-4-5-11-15(14)17-12-6-9-13-7-2-1-3-8-13/h1-5,7-8,10-11H,6,9,12H2. The topological polar surface area (TPSA) is 9.23 Å². The van der Waals surface area contributed by atoms with Gasteiger partial charge in [0.05, 0.1) is 11.1 Å². The second-order valence-electron chi connectivity index (χ2n) is 3.87. The SMILES string of the molecule is Brc1ccccc1OCCCc1ccccc1. The molecule has 0 spiro atoms. The Balaban J connectivity index is 1.76. The summed E-state index contributed by atoms with van der Waals surface area (Å²) < 4.78 is 6.73. The normalized spacial score (nSPS) is 10.2. The van der Waals surface area contributed by atoms with Crippen LogP contribution in [0, 0.1) is 0 Å². The van der Waals surface area contributed by atoms with Gasteiger partial charge in [-0.25, -0.2) is 0 Å². The van der Waals surface area contributed by atoms with Gasteiger partial charge in [-0.3, -0.25) is 0 Å². The van der Waals surface area contributed by atoms with Crippen molar-refractivity contribution in [1.82, 2.24) is 0 Å². The van der Waals surface area contributed by atoms with Crippen LogP contribution in [0.3, 0.4) is 0 Å². The number of hydrogen-bond acceptors (Lipinski definition) is 1. The van der Waals surface area contributed by atoms with E-state index in [2.05, 4.69) is 40.2 Å². The molecule has 2 heteroatoms. The molecule has 17 heavy (non-hydrogen) atoms. The van der Waals surface area contributed by atoms with E-state index in [1.165, 1.54) is 5.56 Å². The van der Waals surface area contributed by atoms with Gasteiger partial charge in [0.15, 0.2) is 0 Å². The Kier molecular flexibility index (Phi) is 4.63. The van der Waals surface area contributed by atoms with Gasteiger partial charge in [-0.05, 0) is 46.5 Å². The zero-order valence-corrected chi connectivity index (χ0v) is 11.2. The van der Waals surface area contributed by atoms with E-state index in [1.54, 1.807) is 0 Å². The second-order valence-corrected chi connectivity index (χ2v) is 4.72. The van der Waals surface area contributed by atoms with Gasteiger partial charge >= 0.3 is 0 Å². The molecule has 0 bridgehead atoms. The van der Waals surface area contributed by atoms with Crippen molar-refractivity contribution >= 4 is 15.9 Å². The highest BCUT2D eigenvalue weighted by Gasteiger charge is 1.98. The zero-order chi connectivity index (χ0) is 11.9. The van der Waals surface area contributed by atoms with Gasteiger partial charge in [0.2, 0.25) is 0 Å². The number of rotatable bonds is 5. The van der Waals surface area contributed by atoms with E-state index < -0.39 is 0 Å². The molecule has 0 heterocycles. The van der Waals surface area contributed by atoms with Gasteiger partial charge in [0.1, 0.15) is 5.75 Å². The van der Waals surface area contributed by atoms with Crippen LogP contribution in [0.4, 0.5) is 0 Å². The van der Waals surface area contributed by atoms with Gasteiger partial charge in [-0.15, -0.1) is 0 Å². The van der Waals surface area contributed by atoms with Crippen LogP contribution in [0.2, 0.25) is 0 Å². The average molecular weight is 291 g/mol. The Bertz CT molecular complexity index is 453. The van der Waals surface area contributed by atoms with E-state index in [-0.39, 0.29) is 0 Å². The van der Waals surface area contributed by atoms with Gasteiger partial charge in [-0.1, -0.05) is 42.5 Å². The fourth-order valence-electron chi connectivity index (χ4n) is 1.66. The number of para-hydroxylation sites is 1. The minimum absolute atomic E-state index is 0.748. The fourth-order valence-corrected chi connectivity index (χ4v) is 2.06. The number of halogens is 1. The molecule has 0 saturated heterocycles. The van der Waals surface area contributed by atoms with E-state index in [4.69, 9.17) is 4.74 Å². The maximum atomic E-state index is 5.71. The van der Waals surface area contributed by atoms with Crippen molar-refractivity contribution in [3.05, 3.63) is 64.6 Å². The highest BCUT2D eigenvalue weighted by molar-refractivity contribution is 9.10. The molecule has 0 unspecified atom stereocenters. The summed E-state index contributed by atoms with van der Waals surface area (Å²) in [5.41, 5.74) is 1.36. The average Bonchev–Trinajstić information content (AvgIpc) is 2.38. The lowest BCUT2D eigenvalue weighted by Gasteiger charge is -2.07. The first-order valence-corrected chi connectivity index (χ1v) is 6.57. The first-order valence-electron chi connectivity index (χ1n) is 5.77. The minimum atomic E-state index is 0.748. The molecule has 0 fully saturated rings. The fraction of sp³-hybridized carbons (Fsp3) is 0.200. The summed E-state index contributed by atoms with van der Waals surface area (Å²) in [6, 6.07) is 18.4. The van der Waals surface area contributed by atoms with Crippen molar-refractivity contribution in [1.29, 1.82) is 0 Å². The van der Waals surface area contributed by atoms with Crippen molar-refractivity contribution in [3.8, 4) is 5.75 Å². The minimum Gasteiger partial charge on any atom is -0.492 e. The van der Waals surface area contributed by atoms with Gasteiger partial charge in [0, 0.05) is 0 Å². The first kappa shape index (κ1) is 12.2. The molecule has 0 amide bonds. The highest BCUT2D eigenvalue weighted by Crippen LogP contribution is 2.23. The van der Waals surface area contributed by atoms with E-state index in [9.17, 15) is 0 Å². The quantitative estimate of drug-likeness (QED) is 0.739. The summed E-state index contributed by atoms with van der Waals surface area (Å²) >= 11 is 3.47. The number of aryl methyl sites for hydroxylation is 1. The molecule has 1 nitrogen and oxygen atoms in total. The third-order valence-corrected chi connectivity index (χ3v) is 3.20. The predicted molar refractivity (Wildman–Crippen MR) is 74.4 cm³/mol. The molecule has 0 N–H and O–H groups in total. The number of ether oxygens (including phenoxy) is 1. The van der Waals surface area contributed by atoms with Crippen LogP contribution >= 0.6 is 15.9 Å². The van der Waals surface area contributed by atoms with Crippen LogP contribution < -0.4 is 4.74 Å². The monoisotopic (exact) mass is 290 g/mol. The zero-order valence-electron chi connectivity index (χ0n) is 9.60. The van der Waals surface area contributed by atoms with E-state index in [1.807, 2.05) is 30.3 Å². The molecular formula is C15H15BrO. The molecule has 0 aliphatic heterocycles. The van der Waals surface area contributed by atoms with Crippen LogP contribution in [0.1, 0.15) is 12.0 Å². The van der Waals surface area contributed by atoms with Crippen LogP contribution in [-0.2, 0) is 6.42 Å². The van der Waals surface area contributed by atoms with Crippen molar-refractivity contribution in [2.24, 2.45) is 0 Å². The number of hydrogen-bond donors (Lipinski definition) is 0. The van der Waals surface area contributed by atoms with Crippen LogP contribution in [0.25, 0.3) is 0 Å². The van der Waals surface area contributed by atoms with Crippen LogP contribution in [0.5, 0.6) is 5.75 Å². The molecule has 88 valence electrons. The predicted octanol–water partition coefficient (Wildman–Crippen LogP) is 4.46.